The van der Waals surface area contributed by atoms with Gasteiger partial charge in [-0.1, -0.05) is 18.9 Å². The fourth-order valence-electron chi connectivity index (χ4n) is 3.10. The van der Waals surface area contributed by atoms with E-state index < -0.39 is 0 Å². The van der Waals surface area contributed by atoms with Crippen LogP contribution in [-0.2, 0) is 6.54 Å². The summed E-state index contributed by atoms with van der Waals surface area (Å²) < 4.78 is 6.99. The Morgan fingerprint density at radius 1 is 1.14 bits per heavy atom. The van der Waals surface area contributed by atoms with Crippen LogP contribution in [0, 0.1) is 0 Å². The lowest BCUT2D eigenvalue weighted by Gasteiger charge is -2.20. The number of ether oxygens (including phenoxy) is 1. The van der Waals surface area contributed by atoms with E-state index in [4.69, 9.17) is 4.74 Å². The van der Waals surface area contributed by atoms with Crippen LogP contribution in [0.1, 0.15) is 25.7 Å². The molecule has 1 aromatic carbocycles. The lowest BCUT2D eigenvalue weighted by atomic mass is 10.2. The first-order valence-electron chi connectivity index (χ1n) is 8.04. The van der Waals surface area contributed by atoms with Gasteiger partial charge in [0.05, 0.1) is 18.8 Å². The van der Waals surface area contributed by atoms with E-state index in [0.29, 0.717) is 23.2 Å². The van der Waals surface area contributed by atoms with Gasteiger partial charge in [-0.2, -0.15) is 0 Å². The van der Waals surface area contributed by atoms with Gasteiger partial charge in [-0.05, 0) is 38.1 Å². The molecule has 0 aliphatic carbocycles. The van der Waals surface area contributed by atoms with Gasteiger partial charge in [0.2, 0.25) is 0 Å². The normalized spacial score (nSPS) is 16.6. The van der Waals surface area contributed by atoms with Crippen LogP contribution in [0.5, 0.6) is 5.75 Å². The lowest BCUT2D eigenvalue weighted by molar-refractivity contribution is 0.272. The van der Waals surface area contributed by atoms with Gasteiger partial charge in [0, 0.05) is 13.1 Å². The Labute approximate surface area is 130 Å². The van der Waals surface area contributed by atoms with E-state index in [9.17, 15) is 4.79 Å². The van der Waals surface area contributed by atoms with Crippen molar-refractivity contribution in [2.45, 2.75) is 32.2 Å². The van der Waals surface area contributed by atoms with Crippen LogP contribution in [0.3, 0.4) is 0 Å². The van der Waals surface area contributed by atoms with Crippen molar-refractivity contribution in [2.24, 2.45) is 0 Å². The molecule has 0 spiro atoms. The zero-order chi connectivity index (χ0) is 15.4. The van der Waals surface area contributed by atoms with Gasteiger partial charge in [0.25, 0.3) is 5.56 Å². The molecule has 5 nitrogen and oxygen atoms in total. The highest BCUT2D eigenvalue weighted by Gasteiger charge is 2.11. The van der Waals surface area contributed by atoms with Gasteiger partial charge in [0.1, 0.15) is 11.3 Å². The third kappa shape index (κ3) is 3.14. The van der Waals surface area contributed by atoms with Crippen molar-refractivity contribution in [3.05, 3.63) is 34.9 Å². The summed E-state index contributed by atoms with van der Waals surface area (Å²) >= 11 is 0. The van der Waals surface area contributed by atoms with E-state index >= 15 is 0 Å². The van der Waals surface area contributed by atoms with E-state index in [2.05, 4.69) is 9.88 Å². The maximum atomic E-state index is 12.6. The van der Waals surface area contributed by atoms with Crippen LogP contribution >= 0.6 is 0 Å². The van der Waals surface area contributed by atoms with Gasteiger partial charge < -0.3 is 9.64 Å². The van der Waals surface area contributed by atoms with Crippen molar-refractivity contribution in [1.29, 1.82) is 0 Å². The second-order valence-electron chi connectivity index (χ2n) is 5.86. The maximum Gasteiger partial charge on any atom is 0.261 e. The summed E-state index contributed by atoms with van der Waals surface area (Å²) in [7, 11) is 1.60. The Morgan fingerprint density at radius 2 is 1.91 bits per heavy atom. The topological polar surface area (TPSA) is 47.4 Å². The molecule has 0 saturated carbocycles. The van der Waals surface area contributed by atoms with Crippen LogP contribution in [0.2, 0.25) is 0 Å². The minimum Gasteiger partial charge on any atom is -0.494 e. The Morgan fingerprint density at radius 3 is 2.64 bits per heavy atom. The summed E-state index contributed by atoms with van der Waals surface area (Å²) in [6, 6.07) is 5.48. The smallest absolute Gasteiger partial charge is 0.261 e. The summed E-state index contributed by atoms with van der Waals surface area (Å²) in [5.41, 5.74) is 0.653. The largest absolute Gasteiger partial charge is 0.494 e. The maximum absolute atomic E-state index is 12.6. The van der Waals surface area contributed by atoms with Gasteiger partial charge in [-0.3, -0.25) is 9.36 Å². The zero-order valence-corrected chi connectivity index (χ0v) is 13.1. The van der Waals surface area contributed by atoms with E-state index in [-0.39, 0.29) is 5.56 Å². The highest BCUT2D eigenvalue weighted by molar-refractivity contribution is 5.83. The minimum absolute atomic E-state index is 0.0127. The van der Waals surface area contributed by atoms with E-state index in [0.717, 1.165) is 19.6 Å². The Balaban J connectivity index is 1.79. The van der Waals surface area contributed by atoms with E-state index in [1.165, 1.54) is 25.7 Å². The first kappa shape index (κ1) is 15.0. The number of aromatic nitrogens is 2. The first-order valence-corrected chi connectivity index (χ1v) is 8.04. The van der Waals surface area contributed by atoms with E-state index in [1.54, 1.807) is 18.0 Å². The predicted molar refractivity (Wildman–Crippen MR) is 87.5 cm³/mol. The van der Waals surface area contributed by atoms with Crippen molar-refractivity contribution >= 4 is 10.9 Å². The number of nitrogens with zero attached hydrogens (tertiary/aromatic N) is 3. The van der Waals surface area contributed by atoms with Crippen LogP contribution in [-0.4, -0.2) is 41.2 Å². The minimum atomic E-state index is 0.0127. The summed E-state index contributed by atoms with van der Waals surface area (Å²) in [6.07, 6.45) is 6.83. The third-order valence-corrected chi connectivity index (χ3v) is 4.39. The molecular weight excluding hydrogens is 278 g/mol. The summed E-state index contributed by atoms with van der Waals surface area (Å²) in [6.45, 7) is 3.89. The van der Waals surface area contributed by atoms with Crippen LogP contribution in [0.25, 0.3) is 10.9 Å². The molecule has 1 saturated heterocycles. The summed E-state index contributed by atoms with van der Waals surface area (Å²) in [5.74, 6) is 0.647. The fraction of sp³-hybridized carbons (Fsp3) is 0.529. The average Bonchev–Trinajstić information content (AvgIpc) is 2.82. The highest BCUT2D eigenvalue weighted by atomic mass is 16.5. The molecule has 0 bridgehead atoms. The zero-order valence-electron chi connectivity index (χ0n) is 13.1. The molecule has 2 heterocycles. The number of para-hydroxylation sites is 1. The van der Waals surface area contributed by atoms with Crippen molar-refractivity contribution in [2.75, 3.05) is 26.7 Å². The van der Waals surface area contributed by atoms with Gasteiger partial charge in [-0.15, -0.1) is 0 Å². The molecular formula is C17H23N3O2. The molecule has 0 amide bonds. The van der Waals surface area contributed by atoms with Gasteiger partial charge in [-0.25, -0.2) is 4.98 Å². The molecule has 3 rings (SSSR count). The van der Waals surface area contributed by atoms with Crippen LogP contribution < -0.4 is 10.3 Å². The quantitative estimate of drug-likeness (QED) is 0.869. The molecule has 5 heteroatoms. The lowest BCUT2D eigenvalue weighted by Crippen LogP contribution is -2.32. The Kier molecular flexibility index (Phi) is 4.73. The van der Waals surface area contributed by atoms with Crippen LogP contribution in [0.15, 0.2) is 29.3 Å². The van der Waals surface area contributed by atoms with Gasteiger partial charge >= 0.3 is 0 Å². The molecule has 0 N–H and O–H groups in total. The monoisotopic (exact) mass is 301 g/mol. The number of hydrogen-bond acceptors (Lipinski definition) is 4. The molecule has 118 valence electrons. The highest BCUT2D eigenvalue weighted by Crippen LogP contribution is 2.20. The summed E-state index contributed by atoms with van der Waals surface area (Å²) in [5, 5.41) is 0.623. The Hall–Kier alpha value is -1.88. The second kappa shape index (κ2) is 6.92. The number of benzene rings is 1. The number of fused-ring (bicyclic) bond motifs is 1. The Bertz CT molecular complexity index is 688. The van der Waals surface area contributed by atoms with Crippen LogP contribution in [0.4, 0.5) is 0 Å². The van der Waals surface area contributed by atoms with Crippen molar-refractivity contribution in [1.82, 2.24) is 14.5 Å². The second-order valence-corrected chi connectivity index (χ2v) is 5.86. The van der Waals surface area contributed by atoms with Gasteiger partial charge in [0.15, 0.2) is 0 Å². The molecule has 1 aliphatic heterocycles. The SMILES string of the molecule is COc1cccc2c(=O)n(CCN3CCCCCC3)cnc12. The van der Waals surface area contributed by atoms with E-state index in [1.807, 2.05) is 18.2 Å². The van der Waals surface area contributed by atoms with Crippen molar-refractivity contribution in [3.63, 3.8) is 0 Å². The average molecular weight is 301 g/mol. The first-order chi connectivity index (χ1) is 10.8. The number of likely N-dealkylation sites (tertiary alicyclic amines) is 1. The fourth-order valence-corrected chi connectivity index (χ4v) is 3.10. The summed E-state index contributed by atoms with van der Waals surface area (Å²) in [4.78, 5) is 19.5. The third-order valence-electron chi connectivity index (χ3n) is 4.39. The number of rotatable bonds is 4. The number of methoxy groups -OCH3 is 1. The van der Waals surface area contributed by atoms with Crippen molar-refractivity contribution in [3.8, 4) is 5.75 Å². The number of hydrogen-bond donors (Lipinski definition) is 0. The predicted octanol–water partition coefficient (Wildman–Crippen LogP) is 2.28. The molecule has 0 radical (unpaired) electrons. The molecule has 1 aromatic heterocycles. The molecule has 0 atom stereocenters. The molecule has 1 fully saturated rings. The molecule has 1 aliphatic rings. The van der Waals surface area contributed by atoms with Crippen molar-refractivity contribution < 1.29 is 4.74 Å². The molecule has 2 aromatic rings. The standard InChI is InChI=1S/C17H23N3O2/c1-22-15-8-6-7-14-16(15)18-13-20(17(14)21)12-11-19-9-4-2-3-5-10-19/h6-8,13H,2-5,9-12H2,1H3. The molecule has 22 heavy (non-hydrogen) atoms. The molecule has 0 unspecified atom stereocenters.